The summed E-state index contributed by atoms with van der Waals surface area (Å²) < 4.78 is 12.7. The monoisotopic (exact) mass is 244 g/mol. The van der Waals surface area contributed by atoms with E-state index in [0.29, 0.717) is 0 Å². The van der Waals surface area contributed by atoms with Gasteiger partial charge in [-0.3, -0.25) is 9.59 Å². The lowest BCUT2D eigenvalue weighted by molar-refractivity contribution is -0.148. The molecular formula is C10H6ClFO4. The molecule has 0 atom stereocenters. The molecule has 0 saturated carbocycles. The second-order valence-electron chi connectivity index (χ2n) is 2.96. The zero-order valence-corrected chi connectivity index (χ0v) is 8.62. The molecule has 6 heteroatoms. The molecule has 0 saturated heterocycles. The van der Waals surface area contributed by atoms with E-state index in [9.17, 15) is 18.8 Å². The summed E-state index contributed by atoms with van der Waals surface area (Å²) in [5.41, 5.74) is 0.000926. The maximum atomic E-state index is 12.7. The third kappa shape index (κ3) is 2.87. The number of carbonyl (C=O) groups excluding carboxylic acids is 2. The fourth-order valence-electron chi connectivity index (χ4n) is 0.993. The van der Waals surface area contributed by atoms with Crippen LogP contribution < -0.4 is 0 Å². The molecule has 1 aromatic carbocycles. The molecule has 0 radical (unpaired) electrons. The molecule has 0 spiro atoms. The van der Waals surface area contributed by atoms with Crippen LogP contribution in [-0.2, 0) is 9.59 Å². The van der Waals surface area contributed by atoms with Gasteiger partial charge in [-0.15, -0.1) is 0 Å². The second kappa shape index (κ2) is 4.85. The number of carboxylic acids is 1. The fraction of sp³-hybridized carbons (Fsp3) is 0.100. The van der Waals surface area contributed by atoms with Gasteiger partial charge in [0.1, 0.15) is 5.82 Å². The quantitative estimate of drug-likeness (QED) is 0.497. The molecule has 0 unspecified atom stereocenters. The maximum absolute atomic E-state index is 12.7. The number of aliphatic carboxylic acids is 1. The lowest BCUT2D eigenvalue weighted by atomic mass is 10.1. The van der Waals surface area contributed by atoms with Crippen molar-refractivity contribution in [1.29, 1.82) is 0 Å². The number of benzene rings is 1. The van der Waals surface area contributed by atoms with Gasteiger partial charge in [0.2, 0.25) is 5.78 Å². The second-order valence-corrected chi connectivity index (χ2v) is 3.36. The average Bonchev–Trinajstić information content (AvgIpc) is 2.21. The third-order valence-electron chi connectivity index (χ3n) is 1.80. The Morgan fingerprint density at radius 3 is 2.44 bits per heavy atom. The van der Waals surface area contributed by atoms with Crippen LogP contribution in [0, 0.1) is 5.82 Å². The summed E-state index contributed by atoms with van der Waals surface area (Å²) in [7, 11) is 0. The van der Waals surface area contributed by atoms with Crippen LogP contribution in [0.4, 0.5) is 4.39 Å². The number of carbonyl (C=O) groups is 3. The van der Waals surface area contributed by atoms with Gasteiger partial charge in [-0.2, -0.15) is 0 Å². The predicted molar refractivity (Wildman–Crippen MR) is 53.0 cm³/mol. The van der Waals surface area contributed by atoms with Crippen molar-refractivity contribution in [3.63, 3.8) is 0 Å². The minimum atomic E-state index is -1.68. The molecule has 1 rings (SSSR count). The topological polar surface area (TPSA) is 71.4 Å². The van der Waals surface area contributed by atoms with Gasteiger partial charge in [-0.05, 0) is 18.2 Å². The largest absolute Gasteiger partial charge is 0.475 e. The molecule has 1 N–H and O–H groups in total. The van der Waals surface area contributed by atoms with Crippen molar-refractivity contribution in [2.24, 2.45) is 0 Å². The fourth-order valence-corrected chi connectivity index (χ4v) is 1.17. The maximum Gasteiger partial charge on any atom is 0.372 e. The number of hydrogen-bond donors (Lipinski definition) is 1. The van der Waals surface area contributed by atoms with Crippen LogP contribution in [0.3, 0.4) is 0 Å². The van der Waals surface area contributed by atoms with Crippen molar-refractivity contribution >= 4 is 29.1 Å². The Bertz CT molecular complexity index is 470. The van der Waals surface area contributed by atoms with E-state index in [1.165, 1.54) is 0 Å². The van der Waals surface area contributed by atoms with Crippen LogP contribution in [0.2, 0.25) is 5.02 Å². The first kappa shape index (κ1) is 12.3. The highest BCUT2D eigenvalue weighted by atomic mass is 35.5. The Labute approximate surface area is 94.6 Å². The molecule has 4 nitrogen and oxygen atoms in total. The van der Waals surface area contributed by atoms with E-state index in [4.69, 9.17) is 16.7 Å². The van der Waals surface area contributed by atoms with Crippen molar-refractivity contribution in [1.82, 2.24) is 0 Å². The van der Waals surface area contributed by atoms with Gasteiger partial charge in [-0.25, -0.2) is 9.18 Å². The molecule has 0 amide bonds. The van der Waals surface area contributed by atoms with Gasteiger partial charge in [-0.1, -0.05) is 11.6 Å². The first-order valence-corrected chi connectivity index (χ1v) is 4.54. The normalized spacial score (nSPS) is 9.88. The van der Waals surface area contributed by atoms with Gasteiger partial charge >= 0.3 is 5.97 Å². The number of rotatable bonds is 4. The van der Waals surface area contributed by atoms with Crippen LogP contribution in [0.5, 0.6) is 0 Å². The molecule has 0 aliphatic carbocycles. The van der Waals surface area contributed by atoms with Gasteiger partial charge < -0.3 is 5.11 Å². The highest BCUT2D eigenvalue weighted by molar-refractivity contribution is 6.37. The molecule has 0 aliphatic rings. The lowest BCUT2D eigenvalue weighted by Gasteiger charge is -2.00. The molecular weight excluding hydrogens is 239 g/mol. The molecule has 0 aliphatic heterocycles. The Hall–Kier alpha value is -1.75. The molecule has 0 bridgehead atoms. The standard InChI is InChI=1S/C10H6ClFO4/c11-6-3-5(1-2-7(6)12)8(13)4-9(14)10(15)16/h1-3H,4H2,(H,15,16). The minimum absolute atomic E-state index is 0.000926. The highest BCUT2D eigenvalue weighted by Gasteiger charge is 2.18. The summed E-state index contributed by atoms with van der Waals surface area (Å²) in [6, 6.07) is 3.16. The Balaban J connectivity index is 2.85. The Morgan fingerprint density at radius 1 is 1.31 bits per heavy atom. The van der Waals surface area contributed by atoms with Crippen LogP contribution in [0.25, 0.3) is 0 Å². The van der Waals surface area contributed by atoms with E-state index in [-0.39, 0.29) is 10.6 Å². The number of Topliss-reactive ketones (excluding diaryl/α,β-unsaturated/α-hetero) is 2. The van der Waals surface area contributed by atoms with E-state index in [2.05, 4.69) is 0 Å². The first-order chi connectivity index (χ1) is 7.41. The van der Waals surface area contributed by atoms with Crippen molar-refractivity contribution in [3.05, 3.63) is 34.6 Å². The van der Waals surface area contributed by atoms with E-state index in [1.54, 1.807) is 0 Å². The van der Waals surface area contributed by atoms with Crippen LogP contribution >= 0.6 is 11.6 Å². The summed E-state index contributed by atoms with van der Waals surface area (Å²) in [4.78, 5) is 32.3. The zero-order chi connectivity index (χ0) is 12.3. The first-order valence-electron chi connectivity index (χ1n) is 4.16. The number of hydrogen-bond acceptors (Lipinski definition) is 3. The molecule has 84 valence electrons. The van der Waals surface area contributed by atoms with Gasteiger partial charge in [0.15, 0.2) is 5.78 Å². The summed E-state index contributed by atoms with van der Waals surface area (Å²) in [5, 5.41) is 8.03. The molecule has 0 fully saturated rings. The zero-order valence-electron chi connectivity index (χ0n) is 7.87. The summed E-state index contributed by atoms with van der Waals surface area (Å²) in [6.45, 7) is 0. The molecule has 1 aromatic rings. The summed E-state index contributed by atoms with van der Waals surface area (Å²) in [5.74, 6) is -4.30. The van der Waals surface area contributed by atoms with Crippen molar-refractivity contribution in [3.8, 4) is 0 Å². The van der Waals surface area contributed by atoms with Gasteiger partial charge in [0, 0.05) is 5.56 Å². The Morgan fingerprint density at radius 2 is 1.94 bits per heavy atom. The highest BCUT2D eigenvalue weighted by Crippen LogP contribution is 2.17. The number of halogens is 2. The van der Waals surface area contributed by atoms with E-state index >= 15 is 0 Å². The van der Waals surface area contributed by atoms with Crippen molar-refractivity contribution < 1.29 is 23.9 Å². The molecule has 16 heavy (non-hydrogen) atoms. The third-order valence-corrected chi connectivity index (χ3v) is 2.09. The van der Waals surface area contributed by atoms with Crippen molar-refractivity contribution in [2.75, 3.05) is 0 Å². The predicted octanol–water partition coefficient (Wildman–Crippen LogP) is 1.71. The SMILES string of the molecule is O=C(O)C(=O)CC(=O)c1ccc(F)c(Cl)c1. The molecule has 0 aromatic heterocycles. The minimum Gasteiger partial charge on any atom is -0.475 e. The summed E-state index contributed by atoms with van der Waals surface area (Å²) in [6.07, 6.45) is -0.767. The van der Waals surface area contributed by atoms with Crippen LogP contribution in [-0.4, -0.2) is 22.6 Å². The van der Waals surface area contributed by atoms with E-state index < -0.39 is 29.8 Å². The van der Waals surface area contributed by atoms with Gasteiger partial charge in [0.05, 0.1) is 11.4 Å². The average molecular weight is 245 g/mol. The number of ketones is 2. The lowest BCUT2D eigenvalue weighted by Crippen LogP contribution is -2.17. The Kier molecular flexibility index (Phi) is 3.73. The van der Waals surface area contributed by atoms with Crippen LogP contribution in [0.15, 0.2) is 18.2 Å². The van der Waals surface area contributed by atoms with E-state index in [1.807, 2.05) is 0 Å². The molecule has 0 heterocycles. The van der Waals surface area contributed by atoms with E-state index in [0.717, 1.165) is 18.2 Å². The number of carboxylic acid groups (broad SMARTS) is 1. The van der Waals surface area contributed by atoms with Crippen LogP contribution in [0.1, 0.15) is 16.8 Å². The van der Waals surface area contributed by atoms with Crippen molar-refractivity contribution in [2.45, 2.75) is 6.42 Å². The smallest absolute Gasteiger partial charge is 0.372 e. The summed E-state index contributed by atoms with van der Waals surface area (Å²) >= 11 is 5.43. The van der Waals surface area contributed by atoms with Gasteiger partial charge in [0.25, 0.3) is 0 Å².